The molecule has 0 N–H and O–H groups in total. The molecule has 3 atom stereocenters. The fraction of sp³-hybridized carbons (Fsp3) is 0.704. The number of carbonyl (C=O) groups is 2. The Bertz CT molecular complexity index is 830. The second-order valence-corrected chi connectivity index (χ2v) is 10.1. The molecule has 34 heavy (non-hydrogen) atoms. The van der Waals surface area contributed by atoms with E-state index in [1.165, 1.54) is 45.2 Å². The highest BCUT2D eigenvalue weighted by molar-refractivity contribution is 5.89. The number of amides is 2. The molecule has 7 heteroatoms. The van der Waals surface area contributed by atoms with Gasteiger partial charge in [-0.25, -0.2) is 0 Å². The molecule has 3 saturated heterocycles. The maximum Gasteiger partial charge on any atom is 0.228 e. The van der Waals surface area contributed by atoms with Crippen LogP contribution in [-0.2, 0) is 20.7 Å². The molecule has 0 spiro atoms. The molecular formula is C27H41N3O4. The lowest BCUT2D eigenvalue weighted by Crippen LogP contribution is -2.52. The number of hydrogen-bond donors (Lipinski definition) is 0. The van der Waals surface area contributed by atoms with E-state index in [1.807, 2.05) is 34.1 Å². The Labute approximate surface area is 204 Å². The fourth-order valence-electron chi connectivity index (χ4n) is 6.14. The SMILES string of the molecule is COCCN(C[C@@H]1CCCN2CCCC[C@H]12)C(=O)[C@H]1CC(=O)N(CCc2ccccc2OC)C1. The Morgan fingerprint density at radius 3 is 2.76 bits per heavy atom. The molecule has 0 aliphatic carbocycles. The highest BCUT2D eigenvalue weighted by Gasteiger charge is 2.39. The first-order chi connectivity index (χ1) is 16.6. The summed E-state index contributed by atoms with van der Waals surface area (Å²) in [5, 5.41) is 0. The van der Waals surface area contributed by atoms with Crippen LogP contribution in [0.5, 0.6) is 5.75 Å². The normalized spacial score (nSPS) is 25.3. The Balaban J connectivity index is 1.37. The summed E-state index contributed by atoms with van der Waals surface area (Å²) < 4.78 is 10.8. The lowest BCUT2D eigenvalue weighted by Gasteiger charge is -2.46. The van der Waals surface area contributed by atoms with Crippen LogP contribution in [0.3, 0.4) is 0 Å². The molecule has 1 aromatic rings. The van der Waals surface area contributed by atoms with Crippen LogP contribution in [0.2, 0.25) is 0 Å². The zero-order valence-corrected chi connectivity index (χ0v) is 20.9. The second kappa shape index (κ2) is 12.0. The van der Waals surface area contributed by atoms with Gasteiger partial charge in [-0.3, -0.25) is 9.59 Å². The zero-order valence-electron chi connectivity index (χ0n) is 20.9. The maximum atomic E-state index is 13.6. The molecular weight excluding hydrogens is 430 g/mol. The van der Waals surface area contributed by atoms with Crippen LogP contribution in [0.4, 0.5) is 0 Å². The summed E-state index contributed by atoms with van der Waals surface area (Å²) in [5.74, 6) is 1.31. The van der Waals surface area contributed by atoms with Crippen LogP contribution in [0.25, 0.3) is 0 Å². The quantitative estimate of drug-likeness (QED) is 0.525. The maximum absolute atomic E-state index is 13.6. The number of carbonyl (C=O) groups excluding carboxylic acids is 2. The Morgan fingerprint density at radius 2 is 1.94 bits per heavy atom. The molecule has 0 aromatic heterocycles. The molecule has 2 amide bonds. The summed E-state index contributed by atoms with van der Waals surface area (Å²) in [6.07, 6.45) is 7.28. The van der Waals surface area contributed by atoms with Gasteiger partial charge in [-0.05, 0) is 62.7 Å². The van der Waals surface area contributed by atoms with E-state index in [1.54, 1.807) is 14.2 Å². The number of piperidine rings is 2. The summed E-state index contributed by atoms with van der Waals surface area (Å²) >= 11 is 0. The third-order valence-corrected chi connectivity index (χ3v) is 7.97. The average Bonchev–Trinajstić information content (AvgIpc) is 3.25. The highest BCUT2D eigenvalue weighted by Crippen LogP contribution is 2.32. The van der Waals surface area contributed by atoms with Crippen molar-refractivity contribution in [1.29, 1.82) is 0 Å². The van der Waals surface area contributed by atoms with Gasteiger partial charge in [0, 0.05) is 45.8 Å². The van der Waals surface area contributed by atoms with Gasteiger partial charge in [-0.15, -0.1) is 0 Å². The Kier molecular flexibility index (Phi) is 8.84. The minimum Gasteiger partial charge on any atom is -0.496 e. The van der Waals surface area contributed by atoms with Crippen molar-refractivity contribution in [2.24, 2.45) is 11.8 Å². The van der Waals surface area contributed by atoms with Crippen LogP contribution in [0.1, 0.15) is 44.1 Å². The smallest absolute Gasteiger partial charge is 0.228 e. The molecule has 3 fully saturated rings. The first kappa shape index (κ1) is 25.0. The summed E-state index contributed by atoms with van der Waals surface area (Å²) in [6, 6.07) is 8.52. The van der Waals surface area contributed by atoms with E-state index in [9.17, 15) is 9.59 Å². The van der Waals surface area contributed by atoms with Crippen LogP contribution in [0.15, 0.2) is 24.3 Å². The number of hydrogen-bond acceptors (Lipinski definition) is 5. The number of para-hydroxylation sites is 1. The predicted octanol–water partition coefficient (Wildman–Crippen LogP) is 2.83. The zero-order chi connectivity index (χ0) is 23.9. The van der Waals surface area contributed by atoms with E-state index in [4.69, 9.17) is 9.47 Å². The summed E-state index contributed by atoms with van der Waals surface area (Å²) in [6.45, 7) is 5.44. The molecule has 7 nitrogen and oxygen atoms in total. The Morgan fingerprint density at radius 1 is 1.12 bits per heavy atom. The van der Waals surface area contributed by atoms with Gasteiger partial charge in [0.2, 0.25) is 11.8 Å². The predicted molar refractivity (Wildman–Crippen MR) is 132 cm³/mol. The number of ether oxygens (including phenoxy) is 2. The van der Waals surface area contributed by atoms with E-state index >= 15 is 0 Å². The lowest BCUT2D eigenvalue weighted by atomic mass is 9.83. The van der Waals surface area contributed by atoms with Crippen molar-refractivity contribution in [3.05, 3.63) is 29.8 Å². The number of benzene rings is 1. The van der Waals surface area contributed by atoms with Crippen molar-refractivity contribution in [2.45, 2.75) is 51.0 Å². The van der Waals surface area contributed by atoms with Crippen molar-refractivity contribution in [2.75, 3.05) is 60.1 Å². The summed E-state index contributed by atoms with van der Waals surface area (Å²) in [4.78, 5) is 32.9. The summed E-state index contributed by atoms with van der Waals surface area (Å²) in [7, 11) is 3.35. The number of fused-ring (bicyclic) bond motifs is 1. The standard InChI is InChI=1S/C27H41N3O4/c1-33-17-16-30(19-22-9-7-14-28-13-6-5-10-24(22)28)27(32)23-18-26(31)29(20-23)15-12-21-8-3-4-11-25(21)34-2/h3-4,8,11,22-24H,5-7,9-10,12-20H2,1-2H3/t22-,23-,24+/m0/s1. The van der Waals surface area contributed by atoms with E-state index in [2.05, 4.69) is 4.90 Å². The fourth-order valence-corrected chi connectivity index (χ4v) is 6.14. The molecule has 0 unspecified atom stereocenters. The van der Waals surface area contributed by atoms with Crippen molar-refractivity contribution in [3.8, 4) is 5.75 Å². The highest BCUT2D eigenvalue weighted by atomic mass is 16.5. The number of likely N-dealkylation sites (tertiary alicyclic amines) is 1. The van der Waals surface area contributed by atoms with Gasteiger partial charge in [0.25, 0.3) is 0 Å². The number of nitrogens with zero attached hydrogens (tertiary/aromatic N) is 3. The van der Waals surface area contributed by atoms with E-state index in [0.717, 1.165) is 24.3 Å². The first-order valence-electron chi connectivity index (χ1n) is 13.0. The first-order valence-corrected chi connectivity index (χ1v) is 13.0. The number of rotatable bonds is 10. The molecule has 188 valence electrons. The summed E-state index contributed by atoms with van der Waals surface area (Å²) in [5.41, 5.74) is 1.09. The lowest BCUT2D eigenvalue weighted by molar-refractivity contribution is -0.137. The van der Waals surface area contributed by atoms with Crippen LogP contribution < -0.4 is 4.74 Å². The van der Waals surface area contributed by atoms with Gasteiger partial charge in [0.1, 0.15) is 5.75 Å². The van der Waals surface area contributed by atoms with Crippen molar-refractivity contribution in [3.63, 3.8) is 0 Å². The second-order valence-electron chi connectivity index (χ2n) is 10.1. The number of methoxy groups -OCH3 is 2. The van der Waals surface area contributed by atoms with Gasteiger partial charge in [-0.2, -0.15) is 0 Å². The molecule has 0 radical (unpaired) electrons. The molecule has 0 bridgehead atoms. The van der Waals surface area contributed by atoms with Gasteiger partial charge < -0.3 is 24.2 Å². The van der Waals surface area contributed by atoms with Crippen molar-refractivity contribution < 1.29 is 19.1 Å². The topological polar surface area (TPSA) is 62.3 Å². The average molecular weight is 472 g/mol. The monoisotopic (exact) mass is 471 g/mol. The third-order valence-electron chi connectivity index (χ3n) is 7.97. The third kappa shape index (κ3) is 5.92. The van der Waals surface area contributed by atoms with Crippen molar-refractivity contribution >= 4 is 11.8 Å². The van der Waals surface area contributed by atoms with Crippen LogP contribution in [-0.4, -0.2) is 92.7 Å². The molecule has 4 rings (SSSR count). The van der Waals surface area contributed by atoms with E-state index < -0.39 is 0 Å². The van der Waals surface area contributed by atoms with Crippen LogP contribution in [0, 0.1) is 11.8 Å². The van der Waals surface area contributed by atoms with E-state index in [-0.39, 0.29) is 17.7 Å². The minimum atomic E-state index is -0.256. The molecule has 3 aliphatic rings. The minimum absolute atomic E-state index is 0.0797. The van der Waals surface area contributed by atoms with E-state index in [0.29, 0.717) is 44.6 Å². The van der Waals surface area contributed by atoms with Gasteiger partial charge >= 0.3 is 0 Å². The molecule has 0 saturated carbocycles. The van der Waals surface area contributed by atoms with Crippen LogP contribution >= 0.6 is 0 Å². The van der Waals surface area contributed by atoms with Crippen molar-refractivity contribution in [1.82, 2.24) is 14.7 Å². The Hall–Kier alpha value is -2.12. The molecule has 1 aromatic carbocycles. The van der Waals surface area contributed by atoms with Gasteiger partial charge in [0.15, 0.2) is 0 Å². The van der Waals surface area contributed by atoms with Gasteiger partial charge in [-0.1, -0.05) is 24.6 Å². The largest absolute Gasteiger partial charge is 0.496 e. The molecule has 3 heterocycles. The van der Waals surface area contributed by atoms with Gasteiger partial charge in [0.05, 0.1) is 19.6 Å². The molecule has 3 aliphatic heterocycles.